The zero-order valence-corrected chi connectivity index (χ0v) is 13.8. The number of amides is 1. The van der Waals surface area contributed by atoms with Crippen LogP contribution < -0.4 is 0 Å². The number of nitro groups is 1. The molecule has 2 fully saturated rings. The fourth-order valence-electron chi connectivity index (χ4n) is 3.07. The molecule has 8 heteroatoms. The molecule has 2 aliphatic heterocycles. The van der Waals surface area contributed by atoms with Crippen molar-refractivity contribution in [2.75, 3.05) is 39.3 Å². The first-order chi connectivity index (χ1) is 11.1. The summed E-state index contributed by atoms with van der Waals surface area (Å²) in [6, 6.07) is 2.95. The Morgan fingerprint density at radius 1 is 1.35 bits per heavy atom. The Morgan fingerprint density at radius 3 is 2.74 bits per heavy atom. The van der Waals surface area contributed by atoms with E-state index in [-0.39, 0.29) is 10.9 Å². The topological polar surface area (TPSA) is 75.9 Å². The molecule has 3 rings (SSSR count). The Labute approximate surface area is 139 Å². The lowest BCUT2D eigenvalue weighted by Crippen LogP contribution is -2.49. The van der Waals surface area contributed by atoms with Crippen LogP contribution in [0.1, 0.15) is 28.9 Å². The van der Waals surface area contributed by atoms with Gasteiger partial charge >= 0.3 is 5.00 Å². The van der Waals surface area contributed by atoms with Crippen molar-refractivity contribution in [2.45, 2.75) is 25.4 Å². The van der Waals surface area contributed by atoms with Crippen LogP contribution in [-0.4, -0.2) is 66.1 Å². The molecule has 7 nitrogen and oxygen atoms in total. The van der Waals surface area contributed by atoms with Gasteiger partial charge in [-0.25, -0.2) is 0 Å². The lowest BCUT2D eigenvalue weighted by atomic mass is 10.1. The van der Waals surface area contributed by atoms with Crippen LogP contribution in [0, 0.1) is 10.1 Å². The van der Waals surface area contributed by atoms with E-state index in [2.05, 4.69) is 4.90 Å². The normalized spacial score (nSPS) is 22.4. The molecule has 1 aromatic rings. The van der Waals surface area contributed by atoms with Crippen LogP contribution >= 0.6 is 11.3 Å². The summed E-state index contributed by atoms with van der Waals surface area (Å²) in [5, 5.41) is 10.7. The van der Waals surface area contributed by atoms with Crippen molar-refractivity contribution >= 4 is 22.2 Å². The Hall–Kier alpha value is -1.51. The fraction of sp³-hybridized carbons (Fsp3) is 0.667. The minimum absolute atomic E-state index is 0.0172. The molecule has 0 radical (unpaired) electrons. The highest BCUT2D eigenvalue weighted by Gasteiger charge is 2.25. The van der Waals surface area contributed by atoms with Crippen molar-refractivity contribution < 1.29 is 14.5 Å². The number of rotatable bonds is 5. The van der Waals surface area contributed by atoms with E-state index < -0.39 is 4.92 Å². The van der Waals surface area contributed by atoms with Gasteiger partial charge in [0, 0.05) is 45.4 Å². The zero-order valence-electron chi connectivity index (χ0n) is 13.0. The van der Waals surface area contributed by atoms with Gasteiger partial charge in [-0.3, -0.25) is 19.8 Å². The molecule has 1 unspecified atom stereocenters. The van der Waals surface area contributed by atoms with Gasteiger partial charge in [0.25, 0.3) is 5.91 Å². The minimum Gasteiger partial charge on any atom is -0.378 e. The Balaban J connectivity index is 1.45. The molecule has 23 heavy (non-hydrogen) atoms. The molecule has 2 saturated heterocycles. The third-order valence-corrected chi connectivity index (χ3v) is 5.46. The first-order valence-corrected chi connectivity index (χ1v) is 8.82. The molecule has 2 aliphatic rings. The standard InChI is InChI=1S/C15H21N3O4S/c19-15(13-3-4-14(23-13)18(20)21)17-9-7-16(8-10-17)6-5-12-2-1-11-22-12/h3-4,12H,1-2,5-11H2. The molecule has 0 spiro atoms. The summed E-state index contributed by atoms with van der Waals surface area (Å²) < 4.78 is 5.64. The summed E-state index contributed by atoms with van der Waals surface area (Å²) in [6.07, 6.45) is 3.79. The second kappa shape index (κ2) is 7.37. The number of ether oxygens (including phenoxy) is 1. The predicted molar refractivity (Wildman–Crippen MR) is 86.9 cm³/mol. The van der Waals surface area contributed by atoms with E-state index in [1.54, 1.807) is 11.0 Å². The molecule has 1 amide bonds. The van der Waals surface area contributed by atoms with Crippen LogP contribution in [0.15, 0.2) is 12.1 Å². The number of thiophene rings is 1. The number of carbonyl (C=O) groups is 1. The number of carbonyl (C=O) groups excluding carboxylic acids is 1. The maximum Gasteiger partial charge on any atom is 0.324 e. The molecule has 1 atom stereocenters. The average Bonchev–Trinajstić information content (AvgIpc) is 3.24. The predicted octanol–water partition coefficient (Wildman–Crippen LogP) is 1.98. The summed E-state index contributed by atoms with van der Waals surface area (Å²) in [7, 11) is 0. The van der Waals surface area contributed by atoms with Crippen molar-refractivity contribution in [2.24, 2.45) is 0 Å². The van der Waals surface area contributed by atoms with Gasteiger partial charge in [-0.15, -0.1) is 0 Å². The molecule has 1 aromatic heterocycles. The van der Waals surface area contributed by atoms with Gasteiger partial charge in [0.2, 0.25) is 0 Å². The lowest BCUT2D eigenvalue weighted by Gasteiger charge is -2.34. The van der Waals surface area contributed by atoms with Gasteiger partial charge in [-0.05, 0) is 25.3 Å². The molecule has 0 N–H and O–H groups in total. The molecule has 0 saturated carbocycles. The van der Waals surface area contributed by atoms with Crippen molar-refractivity contribution in [1.82, 2.24) is 9.80 Å². The Kier molecular flexibility index (Phi) is 5.24. The fourth-order valence-corrected chi connectivity index (χ4v) is 3.86. The summed E-state index contributed by atoms with van der Waals surface area (Å²) in [5.41, 5.74) is 0. The third kappa shape index (κ3) is 4.07. The molecule has 0 bridgehead atoms. The summed E-state index contributed by atoms with van der Waals surface area (Å²) in [4.78, 5) is 27.2. The smallest absolute Gasteiger partial charge is 0.324 e. The lowest BCUT2D eigenvalue weighted by molar-refractivity contribution is -0.380. The number of nitrogens with zero attached hydrogens (tertiary/aromatic N) is 3. The van der Waals surface area contributed by atoms with Crippen LogP contribution in [0.2, 0.25) is 0 Å². The van der Waals surface area contributed by atoms with E-state index in [1.807, 2.05) is 0 Å². The Bertz CT molecular complexity index is 563. The highest BCUT2D eigenvalue weighted by atomic mass is 32.1. The maximum atomic E-state index is 12.4. The van der Waals surface area contributed by atoms with Crippen molar-refractivity contribution in [3.63, 3.8) is 0 Å². The largest absolute Gasteiger partial charge is 0.378 e. The molecular formula is C15H21N3O4S. The monoisotopic (exact) mass is 339 g/mol. The van der Waals surface area contributed by atoms with E-state index in [0.29, 0.717) is 24.1 Å². The number of piperazine rings is 1. The SMILES string of the molecule is O=C(c1ccc([N+](=O)[O-])s1)N1CCN(CCC2CCCO2)CC1. The summed E-state index contributed by atoms with van der Waals surface area (Å²) >= 11 is 0.950. The minimum atomic E-state index is -0.454. The van der Waals surface area contributed by atoms with E-state index in [0.717, 1.165) is 50.4 Å². The Morgan fingerprint density at radius 2 is 2.13 bits per heavy atom. The van der Waals surface area contributed by atoms with Crippen molar-refractivity contribution in [3.05, 3.63) is 27.1 Å². The first-order valence-electron chi connectivity index (χ1n) is 8.01. The third-order valence-electron chi connectivity index (χ3n) is 4.43. The maximum absolute atomic E-state index is 12.4. The van der Waals surface area contributed by atoms with E-state index in [4.69, 9.17) is 4.74 Å². The van der Waals surface area contributed by atoms with E-state index in [9.17, 15) is 14.9 Å². The highest BCUT2D eigenvalue weighted by molar-refractivity contribution is 7.17. The summed E-state index contributed by atoms with van der Waals surface area (Å²) in [6.45, 7) is 4.96. The van der Waals surface area contributed by atoms with Crippen LogP contribution in [0.3, 0.4) is 0 Å². The second-order valence-corrected chi connectivity index (χ2v) is 7.01. The molecular weight excluding hydrogens is 318 g/mol. The van der Waals surface area contributed by atoms with Gasteiger partial charge in [0.1, 0.15) is 0 Å². The molecule has 0 aromatic carbocycles. The van der Waals surface area contributed by atoms with Crippen LogP contribution in [0.4, 0.5) is 5.00 Å². The van der Waals surface area contributed by atoms with Gasteiger partial charge < -0.3 is 9.64 Å². The average molecular weight is 339 g/mol. The number of hydrogen-bond donors (Lipinski definition) is 0. The molecule has 126 valence electrons. The van der Waals surface area contributed by atoms with Crippen LogP contribution in [-0.2, 0) is 4.74 Å². The van der Waals surface area contributed by atoms with Gasteiger partial charge in [0.15, 0.2) is 0 Å². The summed E-state index contributed by atoms with van der Waals surface area (Å²) in [5.74, 6) is -0.0955. The van der Waals surface area contributed by atoms with Gasteiger partial charge in [-0.2, -0.15) is 0 Å². The van der Waals surface area contributed by atoms with Crippen LogP contribution in [0.25, 0.3) is 0 Å². The number of hydrogen-bond acceptors (Lipinski definition) is 6. The van der Waals surface area contributed by atoms with E-state index in [1.165, 1.54) is 12.5 Å². The quantitative estimate of drug-likeness (QED) is 0.606. The second-order valence-electron chi connectivity index (χ2n) is 5.95. The van der Waals surface area contributed by atoms with Crippen LogP contribution in [0.5, 0.6) is 0 Å². The zero-order chi connectivity index (χ0) is 16.2. The van der Waals surface area contributed by atoms with Crippen molar-refractivity contribution in [1.29, 1.82) is 0 Å². The molecule has 0 aliphatic carbocycles. The van der Waals surface area contributed by atoms with E-state index >= 15 is 0 Å². The van der Waals surface area contributed by atoms with Gasteiger partial charge in [0.05, 0.1) is 15.9 Å². The first kappa shape index (κ1) is 16.4. The van der Waals surface area contributed by atoms with Gasteiger partial charge in [-0.1, -0.05) is 11.3 Å². The van der Waals surface area contributed by atoms with Crippen molar-refractivity contribution in [3.8, 4) is 0 Å². The molecule has 3 heterocycles. The highest BCUT2D eigenvalue weighted by Crippen LogP contribution is 2.25.